The van der Waals surface area contributed by atoms with E-state index in [9.17, 15) is 14.0 Å². The fourth-order valence-corrected chi connectivity index (χ4v) is 4.16. The van der Waals surface area contributed by atoms with E-state index in [-0.39, 0.29) is 18.3 Å². The maximum atomic E-state index is 13.6. The average molecular weight is 384 g/mol. The molecule has 1 N–H and O–H groups in total. The first-order valence-corrected chi connectivity index (χ1v) is 8.71. The highest BCUT2D eigenvalue weighted by atomic mass is 79.9. The molecule has 3 rings (SSSR count). The van der Waals surface area contributed by atoms with Gasteiger partial charge in [-0.1, -0.05) is 22.4 Å². The van der Waals surface area contributed by atoms with Crippen LogP contribution in [0, 0.1) is 23.6 Å². The van der Waals surface area contributed by atoms with Gasteiger partial charge >= 0.3 is 5.97 Å². The van der Waals surface area contributed by atoms with Crippen molar-refractivity contribution in [2.75, 3.05) is 11.9 Å². The normalized spacial score (nSPS) is 25.4. The third-order valence-corrected chi connectivity index (χ3v) is 5.38. The highest BCUT2D eigenvalue weighted by Gasteiger charge is 2.40. The summed E-state index contributed by atoms with van der Waals surface area (Å²) in [6.07, 6.45) is 5.24. The zero-order chi connectivity index (χ0) is 16.4. The van der Waals surface area contributed by atoms with Crippen LogP contribution in [0.15, 0.2) is 22.7 Å². The highest BCUT2D eigenvalue weighted by Crippen LogP contribution is 2.49. The van der Waals surface area contributed by atoms with Gasteiger partial charge in [-0.15, -0.1) is 0 Å². The summed E-state index contributed by atoms with van der Waals surface area (Å²) in [5, 5.41) is 2.40. The predicted molar refractivity (Wildman–Crippen MR) is 87.2 cm³/mol. The number of carbonyl (C=O) groups is 2. The van der Waals surface area contributed by atoms with E-state index in [4.69, 9.17) is 4.74 Å². The lowest BCUT2D eigenvalue weighted by atomic mass is 9.86. The molecule has 0 heterocycles. The number of amides is 1. The van der Waals surface area contributed by atoms with Crippen molar-refractivity contribution in [2.24, 2.45) is 17.8 Å². The number of nitrogens with one attached hydrogen (secondary N) is 1. The molecule has 2 aliphatic carbocycles. The Labute approximate surface area is 142 Å². The average Bonchev–Trinajstić information content (AvgIpc) is 3.11. The number of hydrogen-bond acceptors (Lipinski definition) is 3. The lowest BCUT2D eigenvalue weighted by Crippen LogP contribution is -2.23. The molecule has 6 heteroatoms. The molecule has 124 valence electrons. The quantitative estimate of drug-likeness (QED) is 0.784. The number of benzene rings is 1. The topological polar surface area (TPSA) is 55.4 Å². The van der Waals surface area contributed by atoms with E-state index in [1.807, 2.05) is 0 Å². The monoisotopic (exact) mass is 383 g/mol. The maximum Gasteiger partial charge on any atom is 0.306 e. The Bertz CT molecular complexity index is 622. The number of rotatable bonds is 5. The maximum absolute atomic E-state index is 13.6. The van der Waals surface area contributed by atoms with Crippen molar-refractivity contribution in [1.29, 1.82) is 0 Å². The molecular formula is C17H19BrFNO3. The number of halogens is 2. The Morgan fingerprint density at radius 2 is 2.13 bits per heavy atom. The van der Waals surface area contributed by atoms with E-state index >= 15 is 0 Å². The Hall–Kier alpha value is -1.43. The first-order valence-electron chi connectivity index (χ1n) is 7.92. The van der Waals surface area contributed by atoms with E-state index in [0.717, 1.165) is 12.3 Å². The molecule has 0 radical (unpaired) electrons. The first kappa shape index (κ1) is 16.4. The lowest BCUT2D eigenvalue weighted by Gasteiger charge is -2.20. The smallest absolute Gasteiger partial charge is 0.306 e. The van der Waals surface area contributed by atoms with Crippen molar-refractivity contribution < 1.29 is 18.7 Å². The summed E-state index contributed by atoms with van der Waals surface area (Å²) in [4.78, 5) is 23.6. The molecule has 0 aromatic heterocycles. The Balaban J connectivity index is 1.42. The molecule has 0 aliphatic heterocycles. The van der Waals surface area contributed by atoms with Gasteiger partial charge in [-0.2, -0.15) is 0 Å². The van der Waals surface area contributed by atoms with Crippen LogP contribution >= 0.6 is 15.9 Å². The number of esters is 1. The van der Waals surface area contributed by atoms with Crippen molar-refractivity contribution in [2.45, 2.75) is 32.1 Å². The second kappa shape index (κ2) is 6.99. The van der Waals surface area contributed by atoms with E-state index in [1.165, 1.54) is 31.4 Å². The molecule has 2 aliphatic rings. The summed E-state index contributed by atoms with van der Waals surface area (Å²) < 4.78 is 19.2. The Morgan fingerprint density at radius 3 is 2.78 bits per heavy atom. The molecule has 4 nitrogen and oxygen atoms in total. The van der Waals surface area contributed by atoms with Gasteiger partial charge in [0.1, 0.15) is 5.82 Å². The molecular weight excluding hydrogens is 365 g/mol. The molecule has 2 fully saturated rings. The van der Waals surface area contributed by atoms with Gasteiger partial charge in [-0.3, -0.25) is 9.59 Å². The standard InChI is InChI=1S/C17H19BrFNO3/c18-13-3-4-15(14(19)8-13)20-16(21)9-23-17(22)7-12-6-10-1-2-11(12)5-10/h3-4,8,10-12H,1-2,5-7,9H2,(H,20,21)/t10-,11-,12-/m0/s1. The fraction of sp³-hybridized carbons (Fsp3) is 0.529. The molecule has 3 atom stereocenters. The zero-order valence-electron chi connectivity index (χ0n) is 12.7. The number of fused-ring (bicyclic) bond motifs is 2. The molecule has 23 heavy (non-hydrogen) atoms. The summed E-state index contributed by atoms with van der Waals surface area (Å²) >= 11 is 3.15. The molecule has 1 aromatic rings. The van der Waals surface area contributed by atoms with Crippen molar-refractivity contribution in [1.82, 2.24) is 0 Å². The number of hydrogen-bond donors (Lipinski definition) is 1. The predicted octanol–water partition coefficient (Wildman–Crippen LogP) is 3.90. The molecule has 1 amide bonds. The SMILES string of the molecule is O=C(COC(=O)C[C@@H]1C[C@H]2CC[C@H]1C2)Nc1ccc(Br)cc1F. The Kier molecular flexibility index (Phi) is 4.99. The van der Waals surface area contributed by atoms with Gasteiger partial charge in [-0.25, -0.2) is 4.39 Å². The summed E-state index contributed by atoms with van der Waals surface area (Å²) in [5.41, 5.74) is 0.0716. The van der Waals surface area contributed by atoms with Crippen LogP contribution in [0.3, 0.4) is 0 Å². The second-order valence-corrected chi connectivity index (χ2v) is 7.39. The van der Waals surface area contributed by atoms with Crippen LogP contribution in [0.4, 0.5) is 10.1 Å². The van der Waals surface area contributed by atoms with Crippen molar-refractivity contribution >= 4 is 33.5 Å². The summed E-state index contributed by atoms with van der Waals surface area (Å²) in [5.74, 6) is 0.426. The number of anilines is 1. The fourth-order valence-electron chi connectivity index (χ4n) is 3.82. The van der Waals surface area contributed by atoms with Gasteiger partial charge in [0.25, 0.3) is 5.91 Å². The van der Waals surface area contributed by atoms with E-state index in [1.54, 1.807) is 6.07 Å². The first-order chi connectivity index (χ1) is 11.0. The zero-order valence-corrected chi connectivity index (χ0v) is 14.3. The number of carbonyl (C=O) groups excluding carboxylic acids is 2. The van der Waals surface area contributed by atoms with Gasteiger partial charge in [-0.05, 0) is 55.2 Å². The van der Waals surface area contributed by atoms with E-state index in [2.05, 4.69) is 21.2 Å². The van der Waals surface area contributed by atoms with Gasteiger partial charge < -0.3 is 10.1 Å². The van der Waals surface area contributed by atoms with Gasteiger partial charge in [0.05, 0.1) is 5.69 Å². The molecule has 2 saturated carbocycles. The van der Waals surface area contributed by atoms with Crippen LogP contribution in [0.2, 0.25) is 0 Å². The minimum atomic E-state index is -0.541. The van der Waals surface area contributed by atoms with Gasteiger partial charge in [0, 0.05) is 10.9 Å². The third kappa shape index (κ3) is 4.10. The van der Waals surface area contributed by atoms with Crippen LogP contribution in [0.1, 0.15) is 32.1 Å². The molecule has 0 saturated heterocycles. The van der Waals surface area contributed by atoms with Crippen LogP contribution in [0.5, 0.6) is 0 Å². The Morgan fingerprint density at radius 1 is 1.30 bits per heavy atom. The molecule has 1 aromatic carbocycles. The minimum absolute atomic E-state index is 0.0716. The van der Waals surface area contributed by atoms with Gasteiger partial charge in [0.15, 0.2) is 6.61 Å². The summed E-state index contributed by atoms with van der Waals surface area (Å²) in [6.45, 7) is -0.380. The molecule has 0 unspecified atom stereocenters. The summed E-state index contributed by atoms with van der Waals surface area (Å²) in [7, 11) is 0. The number of ether oxygens (including phenoxy) is 1. The largest absolute Gasteiger partial charge is 0.456 e. The highest BCUT2D eigenvalue weighted by molar-refractivity contribution is 9.10. The molecule has 0 spiro atoms. The van der Waals surface area contributed by atoms with E-state index < -0.39 is 11.7 Å². The van der Waals surface area contributed by atoms with Gasteiger partial charge in [0.2, 0.25) is 0 Å². The third-order valence-electron chi connectivity index (χ3n) is 4.88. The summed E-state index contributed by atoms with van der Waals surface area (Å²) in [6, 6.07) is 4.34. The van der Waals surface area contributed by atoms with Crippen molar-refractivity contribution in [3.8, 4) is 0 Å². The lowest BCUT2D eigenvalue weighted by molar-refractivity contribution is -0.148. The second-order valence-electron chi connectivity index (χ2n) is 6.47. The molecule has 2 bridgehead atoms. The van der Waals surface area contributed by atoms with Crippen LogP contribution in [-0.4, -0.2) is 18.5 Å². The minimum Gasteiger partial charge on any atom is -0.456 e. The van der Waals surface area contributed by atoms with Crippen LogP contribution in [0.25, 0.3) is 0 Å². The van der Waals surface area contributed by atoms with Crippen LogP contribution < -0.4 is 5.32 Å². The van der Waals surface area contributed by atoms with Crippen molar-refractivity contribution in [3.05, 3.63) is 28.5 Å². The van der Waals surface area contributed by atoms with Crippen molar-refractivity contribution in [3.63, 3.8) is 0 Å². The van der Waals surface area contributed by atoms with Crippen LogP contribution in [-0.2, 0) is 14.3 Å². The van der Waals surface area contributed by atoms with E-state index in [0.29, 0.717) is 22.7 Å².